The fourth-order valence-corrected chi connectivity index (χ4v) is 2.19. The number of anilines is 1. The molecule has 0 radical (unpaired) electrons. The molecule has 0 spiro atoms. The summed E-state index contributed by atoms with van der Waals surface area (Å²) in [6.45, 7) is 5.85. The van der Waals surface area contributed by atoms with Crippen LogP contribution in [0.1, 0.15) is 18.1 Å². The molecule has 0 aliphatic carbocycles. The molecule has 0 saturated heterocycles. The normalized spacial score (nSPS) is 14.8. The molecule has 4 N–H and O–H groups in total. The number of hydrogen-bond acceptors (Lipinski definition) is 6. The lowest BCUT2D eigenvalue weighted by atomic mass is 10.1. The van der Waals surface area contributed by atoms with Gasteiger partial charge in [0.25, 0.3) is 0 Å². The molecule has 134 valence electrons. The molecule has 1 rings (SSSR count). The van der Waals surface area contributed by atoms with Crippen LogP contribution in [0.2, 0.25) is 0 Å². The largest absolute Gasteiger partial charge is 0.480 e. The topological polar surface area (TPSA) is 105 Å². The maximum Gasteiger partial charge on any atom is 0.328 e. The fraction of sp³-hybridized carbons (Fsp3) is 0.529. The lowest BCUT2D eigenvalue weighted by Gasteiger charge is -2.26. The van der Waals surface area contributed by atoms with Gasteiger partial charge in [-0.3, -0.25) is 4.79 Å². The Morgan fingerprint density at radius 1 is 1.33 bits per heavy atom. The maximum atomic E-state index is 12.3. The van der Waals surface area contributed by atoms with Gasteiger partial charge < -0.3 is 25.8 Å². The van der Waals surface area contributed by atoms with Crippen LogP contribution in [0.25, 0.3) is 0 Å². The van der Waals surface area contributed by atoms with Crippen molar-refractivity contribution >= 4 is 17.6 Å². The Balaban J connectivity index is 2.79. The summed E-state index contributed by atoms with van der Waals surface area (Å²) in [7, 11) is 3.51. The number of carboxylic acids is 1. The Labute approximate surface area is 142 Å². The van der Waals surface area contributed by atoms with Crippen LogP contribution in [0, 0.1) is 13.8 Å². The van der Waals surface area contributed by atoms with Crippen molar-refractivity contribution in [1.82, 2.24) is 4.90 Å². The zero-order valence-corrected chi connectivity index (χ0v) is 14.9. The summed E-state index contributed by atoms with van der Waals surface area (Å²) in [4.78, 5) is 25.1. The molecule has 24 heavy (non-hydrogen) atoms. The second-order valence-electron chi connectivity index (χ2n) is 6.22. The second kappa shape index (κ2) is 8.65. The van der Waals surface area contributed by atoms with Crippen LogP contribution < -0.4 is 11.1 Å². The first kappa shape index (κ1) is 19.9. The number of carboxylic acid groups (broad SMARTS) is 1. The zero-order chi connectivity index (χ0) is 18.4. The molecule has 2 unspecified atom stereocenters. The number of aryl methyl sites for hydroxylation is 1. The van der Waals surface area contributed by atoms with Gasteiger partial charge in [-0.05, 0) is 52.1 Å². The first-order valence-electron chi connectivity index (χ1n) is 7.79. The number of nitrogens with one attached hydrogen (secondary N) is 1. The number of nitrogens with zero attached hydrogens (tertiary/aromatic N) is 1. The molecule has 7 nitrogen and oxygen atoms in total. The zero-order valence-electron chi connectivity index (χ0n) is 14.9. The number of nitrogens with two attached hydrogens (primary N) is 1. The van der Waals surface area contributed by atoms with E-state index in [1.807, 2.05) is 32.0 Å². The van der Waals surface area contributed by atoms with E-state index in [4.69, 9.17) is 15.6 Å². The molecule has 0 bridgehead atoms. The van der Waals surface area contributed by atoms with E-state index in [0.717, 1.165) is 16.8 Å². The maximum absolute atomic E-state index is 12.3. The van der Waals surface area contributed by atoms with Crippen LogP contribution in [-0.4, -0.2) is 60.8 Å². The van der Waals surface area contributed by atoms with Crippen LogP contribution in [0.3, 0.4) is 0 Å². The van der Waals surface area contributed by atoms with Gasteiger partial charge >= 0.3 is 11.9 Å². The van der Waals surface area contributed by atoms with Crippen LogP contribution >= 0.6 is 0 Å². The smallest absolute Gasteiger partial charge is 0.328 e. The van der Waals surface area contributed by atoms with Crippen LogP contribution in [0.4, 0.5) is 5.69 Å². The highest BCUT2D eigenvalue weighted by Gasteiger charge is 2.30. The molecular formula is C17H27N3O4. The summed E-state index contributed by atoms with van der Waals surface area (Å²) < 4.78 is 5.34. The number of likely N-dealkylation sites (N-methyl/N-ethyl adjacent to an activating group) is 1. The number of hydrogen-bond donors (Lipinski definition) is 3. The first-order valence-corrected chi connectivity index (χ1v) is 7.79. The van der Waals surface area contributed by atoms with Gasteiger partial charge in [0.05, 0.1) is 0 Å². The van der Waals surface area contributed by atoms with E-state index in [2.05, 4.69) is 5.32 Å². The number of benzene rings is 1. The Bertz CT molecular complexity index is 589. The van der Waals surface area contributed by atoms with Crippen molar-refractivity contribution in [2.45, 2.75) is 39.0 Å². The van der Waals surface area contributed by atoms with Crippen molar-refractivity contribution in [3.63, 3.8) is 0 Å². The first-order chi connectivity index (χ1) is 11.1. The standard InChI is InChI=1S/C17H27N3O4/c1-10-7-6-8-13(11(10)2)19-12(3)17(23)24-14(9-20(4)5)15(18)16(21)22/h6-8,12,14-15,19H,9,18H2,1-5H3,(H,21,22)/t12-,14?,15?/m0/s1. The van der Waals surface area contributed by atoms with E-state index in [1.54, 1.807) is 25.9 Å². The summed E-state index contributed by atoms with van der Waals surface area (Å²) in [5.74, 6) is -1.75. The second-order valence-corrected chi connectivity index (χ2v) is 6.22. The van der Waals surface area contributed by atoms with E-state index >= 15 is 0 Å². The predicted octanol–water partition coefficient (Wildman–Crippen LogP) is 0.989. The molecule has 0 fully saturated rings. The lowest BCUT2D eigenvalue weighted by Crippen LogP contribution is -2.50. The third kappa shape index (κ3) is 5.50. The Morgan fingerprint density at radius 2 is 1.96 bits per heavy atom. The highest BCUT2D eigenvalue weighted by atomic mass is 16.5. The third-order valence-corrected chi connectivity index (χ3v) is 3.83. The molecule has 0 saturated carbocycles. The van der Waals surface area contributed by atoms with Crippen molar-refractivity contribution in [2.75, 3.05) is 26.0 Å². The van der Waals surface area contributed by atoms with Gasteiger partial charge in [0.15, 0.2) is 0 Å². The van der Waals surface area contributed by atoms with Crippen molar-refractivity contribution in [1.29, 1.82) is 0 Å². The quantitative estimate of drug-likeness (QED) is 0.608. The van der Waals surface area contributed by atoms with Gasteiger partial charge in [-0.2, -0.15) is 0 Å². The van der Waals surface area contributed by atoms with Crippen LogP contribution in [0.15, 0.2) is 18.2 Å². The molecule has 0 aliphatic rings. The minimum Gasteiger partial charge on any atom is -0.480 e. The van der Waals surface area contributed by atoms with E-state index in [1.165, 1.54) is 0 Å². The van der Waals surface area contributed by atoms with Gasteiger partial charge in [-0.1, -0.05) is 12.1 Å². The summed E-state index contributed by atoms with van der Waals surface area (Å²) in [5, 5.41) is 12.2. The van der Waals surface area contributed by atoms with E-state index < -0.39 is 30.1 Å². The van der Waals surface area contributed by atoms with E-state index in [9.17, 15) is 9.59 Å². The number of ether oxygens (including phenoxy) is 1. The molecule has 1 aromatic carbocycles. The average Bonchev–Trinajstić information content (AvgIpc) is 2.49. The van der Waals surface area contributed by atoms with Crippen molar-refractivity contribution < 1.29 is 19.4 Å². The number of aliphatic carboxylic acids is 1. The molecule has 0 aliphatic heterocycles. The highest BCUT2D eigenvalue weighted by molar-refractivity contribution is 5.80. The average molecular weight is 337 g/mol. The van der Waals surface area contributed by atoms with Gasteiger partial charge in [0.1, 0.15) is 18.2 Å². The minimum absolute atomic E-state index is 0.232. The summed E-state index contributed by atoms with van der Waals surface area (Å²) in [6, 6.07) is 3.87. The molecule has 0 amide bonds. The summed E-state index contributed by atoms with van der Waals surface area (Å²) in [5.41, 5.74) is 8.62. The fourth-order valence-electron chi connectivity index (χ4n) is 2.19. The molecular weight excluding hydrogens is 310 g/mol. The Morgan fingerprint density at radius 3 is 2.50 bits per heavy atom. The van der Waals surface area contributed by atoms with E-state index in [0.29, 0.717) is 0 Å². The van der Waals surface area contributed by atoms with Crippen molar-refractivity contribution in [2.24, 2.45) is 5.73 Å². The van der Waals surface area contributed by atoms with Gasteiger partial charge in [0.2, 0.25) is 0 Å². The number of esters is 1. The van der Waals surface area contributed by atoms with Gasteiger partial charge in [-0.15, -0.1) is 0 Å². The van der Waals surface area contributed by atoms with Crippen molar-refractivity contribution in [3.8, 4) is 0 Å². The van der Waals surface area contributed by atoms with Gasteiger partial charge in [0, 0.05) is 12.2 Å². The van der Waals surface area contributed by atoms with Crippen LogP contribution in [-0.2, 0) is 14.3 Å². The van der Waals surface area contributed by atoms with E-state index in [-0.39, 0.29) is 6.54 Å². The molecule has 0 heterocycles. The van der Waals surface area contributed by atoms with Gasteiger partial charge in [-0.25, -0.2) is 4.79 Å². The van der Waals surface area contributed by atoms with Crippen molar-refractivity contribution in [3.05, 3.63) is 29.3 Å². The third-order valence-electron chi connectivity index (χ3n) is 3.83. The minimum atomic E-state index is -1.27. The monoisotopic (exact) mass is 337 g/mol. The summed E-state index contributed by atoms with van der Waals surface area (Å²) >= 11 is 0. The predicted molar refractivity (Wildman–Crippen MR) is 93.0 cm³/mol. The van der Waals surface area contributed by atoms with Crippen LogP contribution in [0.5, 0.6) is 0 Å². The molecule has 1 aromatic rings. The number of carbonyl (C=O) groups is 2. The number of rotatable bonds is 8. The number of carbonyl (C=O) groups excluding carboxylic acids is 1. The molecule has 0 aromatic heterocycles. The lowest BCUT2D eigenvalue weighted by molar-refractivity contribution is -0.155. The Hall–Kier alpha value is -2.12. The molecule has 7 heteroatoms. The Kier molecular flexibility index (Phi) is 7.18. The summed E-state index contributed by atoms with van der Waals surface area (Å²) in [6.07, 6.45) is -0.923. The SMILES string of the molecule is Cc1cccc(N[C@@H](C)C(=O)OC(CN(C)C)C(N)C(=O)O)c1C. The highest BCUT2D eigenvalue weighted by Crippen LogP contribution is 2.19. The molecule has 3 atom stereocenters.